The summed E-state index contributed by atoms with van der Waals surface area (Å²) in [6.07, 6.45) is 0. The van der Waals surface area contributed by atoms with Crippen LogP contribution in [0, 0.1) is 10.1 Å². The molecule has 2 rings (SSSR count). The highest BCUT2D eigenvalue weighted by molar-refractivity contribution is 7.80. The number of nitro benzene ring substituents is 1. The molecule has 0 unspecified atom stereocenters. The molecule has 0 bridgehead atoms. The summed E-state index contributed by atoms with van der Waals surface area (Å²) in [5, 5.41) is 13.5. The number of imidazole rings is 1. The Morgan fingerprint density at radius 2 is 1.89 bits per heavy atom. The highest BCUT2D eigenvalue weighted by atomic mass is 32.1. The summed E-state index contributed by atoms with van der Waals surface area (Å²) in [6, 6.07) is 2.80. The molecule has 0 fully saturated rings. The first-order valence-corrected chi connectivity index (χ1v) is 5.64. The molecule has 0 radical (unpaired) electrons. The van der Waals surface area contributed by atoms with Gasteiger partial charge in [0.1, 0.15) is 5.69 Å². The van der Waals surface area contributed by atoms with Crippen LogP contribution in [0.4, 0.5) is 11.4 Å². The molecule has 1 aromatic carbocycles. The standard InChI is InChI=1S/C10H11N5O3S/c1-13-7-3-5(12-9(11)19)6(15(17)18)4-8(7)14(2)10(13)16/h3-4H,1-2H3,(H3,11,12,19). The average Bonchev–Trinajstić information content (AvgIpc) is 2.53. The van der Waals surface area contributed by atoms with Crippen molar-refractivity contribution in [3.63, 3.8) is 0 Å². The number of nitrogens with zero attached hydrogens (tertiary/aromatic N) is 3. The summed E-state index contributed by atoms with van der Waals surface area (Å²) in [6.45, 7) is 0. The Balaban J connectivity index is 2.84. The molecule has 0 saturated carbocycles. The molecule has 3 N–H and O–H groups in total. The summed E-state index contributed by atoms with van der Waals surface area (Å²) in [7, 11) is 3.14. The van der Waals surface area contributed by atoms with E-state index in [1.807, 2.05) is 0 Å². The molecule has 0 aliphatic rings. The topological polar surface area (TPSA) is 108 Å². The largest absolute Gasteiger partial charge is 0.376 e. The Labute approximate surface area is 112 Å². The SMILES string of the molecule is Cn1c(=O)n(C)c2cc([N+](=O)[O-])c(NC(N)=S)cc21. The first-order chi connectivity index (χ1) is 8.82. The number of benzene rings is 1. The van der Waals surface area contributed by atoms with Crippen LogP contribution in [0.2, 0.25) is 0 Å². The van der Waals surface area contributed by atoms with Crippen molar-refractivity contribution >= 4 is 39.7 Å². The number of aromatic nitrogens is 2. The van der Waals surface area contributed by atoms with E-state index >= 15 is 0 Å². The summed E-state index contributed by atoms with van der Waals surface area (Å²) < 4.78 is 2.73. The van der Waals surface area contributed by atoms with Gasteiger partial charge in [0.25, 0.3) is 5.69 Å². The molecular formula is C10H11N5O3S. The number of hydrogen-bond donors (Lipinski definition) is 2. The number of rotatable bonds is 2. The van der Waals surface area contributed by atoms with Gasteiger partial charge in [-0.1, -0.05) is 0 Å². The molecule has 19 heavy (non-hydrogen) atoms. The van der Waals surface area contributed by atoms with Gasteiger partial charge in [0.15, 0.2) is 5.11 Å². The van der Waals surface area contributed by atoms with Crippen LogP contribution in [-0.4, -0.2) is 19.2 Å². The zero-order chi connectivity index (χ0) is 14.3. The molecule has 0 spiro atoms. The molecule has 0 aliphatic heterocycles. The maximum Gasteiger partial charge on any atom is 0.328 e. The Bertz CT molecular complexity index is 761. The number of fused-ring (bicyclic) bond motifs is 1. The second-order valence-corrected chi connectivity index (χ2v) is 4.44. The number of nitrogens with two attached hydrogens (primary N) is 1. The van der Waals surface area contributed by atoms with Gasteiger partial charge in [-0.2, -0.15) is 0 Å². The van der Waals surface area contributed by atoms with E-state index in [4.69, 9.17) is 5.73 Å². The second-order valence-electron chi connectivity index (χ2n) is 4.01. The summed E-state index contributed by atoms with van der Waals surface area (Å²) in [4.78, 5) is 22.3. The van der Waals surface area contributed by atoms with Gasteiger partial charge in [0, 0.05) is 20.2 Å². The first kappa shape index (κ1) is 13.0. The van der Waals surface area contributed by atoms with E-state index in [1.54, 1.807) is 14.1 Å². The fraction of sp³-hybridized carbons (Fsp3) is 0.200. The second kappa shape index (κ2) is 4.35. The maximum absolute atomic E-state index is 11.8. The number of nitrogens with one attached hydrogen (secondary N) is 1. The van der Waals surface area contributed by atoms with E-state index in [0.717, 1.165) is 0 Å². The van der Waals surface area contributed by atoms with Gasteiger partial charge in [-0.15, -0.1) is 0 Å². The van der Waals surface area contributed by atoms with Gasteiger partial charge in [-0.25, -0.2) is 4.79 Å². The third kappa shape index (κ3) is 2.03. The van der Waals surface area contributed by atoms with Crippen LogP contribution in [0.5, 0.6) is 0 Å². The Morgan fingerprint density at radius 1 is 1.37 bits per heavy atom. The molecule has 1 heterocycles. The molecule has 0 amide bonds. The summed E-state index contributed by atoms with van der Waals surface area (Å²) in [5.41, 5.74) is 6.05. The smallest absolute Gasteiger partial charge is 0.328 e. The van der Waals surface area contributed by atoms with Gasteiger partial charge in [-0.3, -0.25) is 19.2 Å². The maximum atomic E-state index is 11.8. The lowest BCUT2D eigenvalue weighted by atomic mass is 10.2. The van der Waals surface area contributed by atoms with E-state index in [-0.39, 0.29) is 22.2 Å². The monoisotopic (exact) mass is 281 g/mol. The van der Waals surface area contributed by atoms with Crippen LogP contribution in [0.3, 0.4) is 0 Å². The van der Waals surface area contributed by atoms with Crippen molar-refractivity contribution in [3.05, 3.63) is 32.7 Å². The Hall–Kier alpha value is -2.42. The minimum Gasteiger partial charge on any atom is -0.376 e. The predicted molar refractivity (Wildman–Crippen MR) is 75.2 cm³/mol. The lowest BCUT2D eigenvalue weighted by molar-refractivity contribution is -0.383. The number of anilines is 1. The van der Waals surface area contributed by atoms with Gasteiger partial charge in [0.05, 0.1) is 16.0 Å². The summed E-state index contributed by atoms with van der Waals surface area (Å²) >= 11 is 4.68. The fourth-order valence-electron chi connectivity index (χ4n) is 1.92. The third-order valence-corrected chi connectivity index (χ3v) is 2.95. The van der Waals surface area contributed by atoms with Crippen molar-refractivity contribution in [2.45, 2.75) is 0 Å². The minimum absolute atomic E-state index is 0.0802. The molecule has 100 valence electrons. The van der Waals surface area contributed by atoms with Crippen molar-refractivity contribution < 1.29 is 4.92 Å². The van der Waals surface area contributed by atoms with Gasteiger partial charge in [-0.05, 0) is 18.3 Å². The van der Waals surface area contributed by atoms with Crippen LogP contribution in [0.15, 0.2) is 16.9 Å². The van der Waals surface area contributed by atoms with Crippen molar-refractivity contribution in [2.24, 2.45) is 19.8 Å². The van der Waals surface area contributed by atoms with Crippen LogP contribution >= 0.6 is 12.2 Å². The zero-order valence-corrected chi connectivity index (χ0v) is 11.0. The number of hydrogen-bond acceptors (Lipinski definition) is 4. The average molecular weight is 281 g/mol. The highest BCUT2D eigenvalue weighted by Gasteiger charge is 2.19. The van der Waals surface area contributed by atoms with Crippen molar-refractivity contribution in [3.8, 4) is 0 Å². The van der Waals surface area contributed by atoms with Crippen LogP contribution in [0.25, 0.3) is 11.0 Å². The van der Waals surface area contributed by atoms with Crippen molar-refractivity contribution in [1.29, 1.82) is 0 Å². The normalized spacial score (nSPS) is 10.6. The summed E-state index contributed by atoms with van der Waals surface area (Å²) in [5.74, 6) is 0. The van der Waals surface area contributed by atoms with Crippen LogP contribution in [-0.2, 0) is 14.1 Å². The quantitative estimate of drug-likeness (QED) is 0.470. The third-order valence-electron chi connectivity index (χ3n) is 2.84. The molecule has 0 saturated heterocycles. The fourth-order valence-corrected chi connectivity index (χ4v) is 2.03. The lowest BCUT2D eigenvalue weighted by Gasteiger charge is -2.06. The number of thiocarbonyl (C=S) groups is 1. The lowest BCUT2D eigenvalue weighted by Crippen LogP contribution is -2.19. The number of aryl methyl sites for hydroxylation is 2. The molecule has 2 aromatic rings. The predicted octanol–water partition coefficient (Wildman–Crippen LogP) is 0.441. The molecule has 8 nitrogen and oxygen atoms in total. The van der Waals surface area contributed by atoms with E-state index in [1.165, 1.54) is 21.3 Å². The van der Waals surface area contributed by atoms with Crippen LogP contribution in [0.1, 0.15) is 0 Å². The van der Waals surface area contributed by atoms with Gasteiger partial charge >= 0.3 is 5.69 Å². The zero-order valence-electron chi connectivity index (χ0n) is 10.2. The van der Waals surface area contributed by atoms with Gasteiger partial charge < -0.3 is 11.1 Å². The van der Waals surface area contributed by atoms with Crippen molar-refractivity contribution in [1.82, 2.24) is 9.13 Å². The Morgan fingerprint density at radius 3 is 2.37 bits per heavy atom. The van der Waals surface area contributed by atoms with Crippen molar-refractivity contribution in [2.75, 3.05) is 5.32 Å². The molecule has 9 heteroatoms. The van der Waals surface area contributed by atoms with E-state index in [9.17, 15) is 14.9 Å². The molecule has 0 aliphatic carbocycles. The van der Waals surface area contributed by atoms with E-state index in [2.05, 4.69) is 17.5 Å². The highest BCUT2D eigenvalue weighted by Crippen LogP contribution is 2.29. The van der Waals surface area contributed by atoms with E-state index < -0.39 is 4.92 Å². The first-order valence-electron chi connectivity index (χ1n) is 5.23. The van der Waals surface area contributed by atoms with Gasteiger partial charge in [0.2, 0.25) is 0 Å². The molecular weight excluding hydrogens is 270 g/mol. The van der Waals surface area contributed by atoms with E-state index in [0.29, 0.717) is 11.0 Å². The minimum atomic E-state index is -0.558. The molecule has 0 atom stereocenters. The Kier molecular flexibility index (Phi) is 2.98. The number of nitro groups is 1. The van der Waals surface area contributed by atoms with Crippen LogP contribution < -0.4 is 16.7 Å². The molecule has 1 aromatic heterocycles.